The Kier molecular flexibility index (Phi) is 9.47. The molecule has 0 bridgehead atoms. The predicted octanol–water partition coefficient (Wildman–Crippen LogP) is 4.73. The van der Waals surface area contributed by atoms with Crippen molar-refractivity contribution in [2.24, 2.45) is 0 Å². The summed E-state index contributed by atoms with van der Waals surface area (Å²) in [6, 6.07) is 10.5. The minimum Gasteiger partial charge on any atom is -0.496 e. The van der Waals surface area contributed by atoms with Crippen LogP contribution in [0.15, 0.2) is 42.5 Å². The van der Waals surface area contributed by atoms with Gasteiger partial charge < -0.3 is 19.7 Å². The molecule has 3 atom stereocenters. The van der Waals surface area contributed by atoms with Crippen LogP contribution >= 0.6 is 11.6 Å². The third-order valence-electron chi connectivity index (χ3n) is 6.09. The average Bonchev–Trinajstić information content (AvgIpc) is 3.24. The van der Waals surface area contributed by atoms with Gasteiger partial charge in [0.25, 0.3) is 0 Å². The van der Waals surface area contributed by atoms with Crippen molar-refractivity contribution in [3.63, 3.8) is 0 Å². The lowest BCUT2D eigenvalue weighted by Crippen LogP contribution is -2.39. The number of benzene rings is 2. The van der Waals surface area contributed by atoms with E-state index in [2.05, 4.69) is 4.90 Å². The van der Waals surface area contributed by atoms with E-state index in [0.717, 1.165) is 36.6 Å². The van der Waals surface area contributed by atoms with Gasteiger partial charge in [0.15, 0.2) is 0 Å². The number of carbonyl (C=O) groups is 1. The number of aliphatic hydroxyl groups is 1. The number of carboxylic acids is 1. The molecule has 2 aromatic carbocycles. The van der Waals surface area contributed by atoms with Gasteiger partial charge in [0, 0.05) is 24.2 Å². The number of ether oxygens (including phenoxy) is 2. The Hall–Kier alpha value is -2.45. The maximum Gasteiger partial charge on any atom is 0.328 e. The van der Waals surface area contributed by atoms with Gasteiger partial charge in [-0.15, -0.1) is 0 Å². The Morgan fingerprint density at radius 3 is 2.85 bits per heavy atom. The number of aliphatic hydroxyl groups excluding tert-OH is 1. The molecular formula is C26H31ClFNO5. The molecule has 0 radical (unpaired) electrons. The monoisotopic (exact) mass is 491 g/mol. The Balaban J connectivity index is 1.58. The Morgan fingerprint density at radius 1 is 1.35 bits per heavy atom. The van der Waals surface area contributed by atoms with Gasteiger partial charge in [0.1, 0.15) is 11.6 Å². The van der Waals surface area contributed by atoms with E-state index in [-0.39, 0.29) is 23.8 Å². The second-order valence-electron chi connectivity index (χ2n) is 8.51. The average molecular weight is 492 g/mol. The zero-order valence-electron chi connectivity index (χ0n) is 19.4. The zero-order valence-corrected chi connectivity index (χ0v) is 20.2. The number of β-amino-alcohol motifs (C(OH)–C–C–N with tert-alkyl or cyclic N) is 1. The molecule has 0 saturated carbocycles. The van der Waals surface area contributed by atoms with Gasteiger partial charge in [0.05, 0.1) is 30.9 Å². The van der Waals surface area contributed by atoms with Gasteiger partial charge >= 0.3 is 5.97 Å². The summed E-state index contributed by atoms with van der Waals surface area (Å²) in [5.41, 5.74) is 2.29. The first-order chi connectivity index (χ1) is 16.3. The normalized spacial score (nSPS) is 18.3. The predicted molar refractivity (Wildman–Crippen MR) is 130 cm³/mol. The van der Waals surface area contributed by atoms with Crippen molar-refractivity contribution < 1.29 is 28.9 Å². The SMILES string of the molecule is COc1cccc([C@@H](C)OC[C@H](O)CN2CCC[C@H]2Cc2ccc(Cl)c(F)c2)c1C=CC(=O)O. The Labute approximate surface area is 204 Å². The second-order valence-corrected chi connectivity index (χ2v) is 8.91. The fraction of sp³-hybridized carbons (Fsp3) is 0.423. The van der Waals surface area contributed by atoms with Crippen LogP contribution in [0.2, 0.25) is 5.02 Å². The number of hydrogen-bond acceptors (Lipinski definition) is 5. The fourth-order valence-corrected chi connectivity index (χ4v) is 4.52. The number of rotatable bonds is 11. The van der Waals surface area contributed by atoms with Crippen LogP contribution in [-0.2, 0) is 16.0 Å². The molecule has 0 aromatic heterocycles. The van der Waals surface area contributed by atoms with Crippen molar-refractivity contribution in [2.45, 2.75) is 44.4 Å². The highest BCUT2D eigenvalue weighted by atomic mass is 35.5. The standard InChI is InChI=1S/C26H31ClFNO5/c1-17(21-6-3-7-25(33-2)22(21)9-11-26(31)32)34-16-20(30)15-29-12-4-5-19(29)13-18-8-10-23(27)24(28)14-18/h3,6-11,14,17,19-20,30H,4-5,12-13,15-16H2,1-2H3,(H,31,32)/t17-,19+,20-/m1/s1. The van der Waals surface area contributed by atoms with Crippen molar-refractivity contribution in [3.05, 3.63) is 70.0 Å². The lowest BCUT2D eigenvalue weighted by molar-refractivity contribution is -0.131. The first-order valence-corrected chi connectivity index (χ1v) is 11.7. The molecule has 8 heteroatoms. The Morgan fingerprint density at radius 2 is 2.15 bits per heavy atom. The van der Waals surface area contributed by atoms with E-state index in [1.165, 1.54) is 19.3 Å². The van der Waals surface area contributed by atoms with Crippen LogP contribution < -0.4 is 4.74 Å². The summed E-state index contributed by atoms with van der Waals surface area (Å²) in [6.45, 7) is 3.30. The molecule has 1 fully saturated rings. The van der Waals surface area contributed by atoms with Crippen molar-refractivity contribution in [1.29, 1.82) is 0 Å². The van der Waals surface area contributed by atoms with Crippen LogP contribution in [0.5, 0.6) is 5.75 Å². The number of nitrogens with zero attached hydrogens (tertiary/aromatic N) is 1. The lowest BCUT2D eigenvalue weighted by atomic mass is 10.0. The number of carboxylic acid groups (broad SMARTS) is 1. The second kappa shape index (κ2) is 12.3. The van der Waals surface area contributed by atoms with Crippen LogP contribution in [0.4, 0.5) is 4.39 Å². The fourth-order valence-electron chi connectivity index (χ4n) is 4.40. The molecule has 184 valence electrons. The largest absolute Gasteiger partial charge is 0.496 e. The van der Waals surface area contributed by atoms with Crippen molar-refractivity contribution in [1.82, 2.24) is 4.90 Å². The summed E-state index contributed by atoms with van der Waals surface area (Å²) in [4.78, 5) is 13.2. The van der Waals surface area contributed by atoms with Crippen molar-refractivity contribution in [2.75, 3.05) is 26.8 Å². The smallest absolute Gasteiger partial charge is 0.328 e. The maximum atomic E-state index is 13.8. The molecule has 3 rings (SSSR count). The molecular weight excluding hydrogens is 461 g/mol. The summed E-state index contributed by atoms with van der Waals surface area (Å²) >= 11 is 5.79. The molecule has 0 amide bonds. The highest BCUT2D eigenvalue weighted by Crippen LogP contribution is 2.30. The van der Waals surface area contributed by atoms with Gasteiger partial charge in [-0.25, -0.2) is 9.18 Å². The molecule has 1 aliphatic heterocycles. The van der Waals surface area contributed by atoms with Gasteiger partial charge in [-0.05, 0) is 68.1 Å². The minimum absolute atomic E-state index is 0.117. The minimum atomic E-state index is -1.05. The van der Waals surface area contributed by atoms with Crippen LogP contribution in [0.3, 0.4) is 0 Å². The molecule has 1 heterocycles. The Bertz CT molecular complexity index is 1010. The van der Waals surface area contributed by atoms with E-state index >= 15 is 0 Å². The summed E-state index contributed by atoms with van der Waals surface area (Å²) in [5.74, 6) is -0.923. The number of hydrogen-bond donors (Lipinski definition) is 2. The summed E-state index contributed by atoms with van der Waals surface area (Å²) in [6.07, 6.45) is 4.16. The molecule has 0 unspecified atom stereocenters. The molecule has 1 aliphatic rings. The highest BCUT2D eigenvalue weighted by molar-refractivity contribution is 6.30. The summed E-state index contributed by atoms with van der Waals surface area (Å²) in [5, 5.41) is 19.8. The first kappa shape index (κ1) is 26.2. The maximum absolute atomic E-state index is 13.8. The number of methoxy groups -OCH3 is 1. The first-order valence-electron chi connectivity index (χ1n) is 11.3. The van der Waals surface area contributed by atoms with Gasteiger partial charge in [-0.2, -0.15) is 0 Å². The van der Waals surface area contributed by atoms with E-state index < -0.39 is 17.9 Å². The van der Waals surface area contributed by atoms with Gasteiger partial charge in [0.2, 0.25) is 0 Å². The molecule has 2 aromatic rings. The van der Waals surface area contributed by atoms with Crippen LogP contribution in [0, 0.1) is 5.82 Å². The van der Waals surface area contributed by atoms with Crippen LogP contribution in [-0.4, -0.2) is 60.0 Å². The van der Waals surface area contributed by atoms with E-state index in [1.54, 1.807) is 12.1 Å². The lowest BCUT2D eigenvalue weighted by Gasteiger charge is -2.27. The number of halogens is 2. The molecule has 2 N–H and O–H groups in total. The number of aliphatic carboxylic acids is 1. The molecule has 0 aliphatic carbocycles. The molecule has 34 heavy (non-hydrogen) atoms. The van der Waals surface area contributed by atoms with E-state index in [1.807, 2.05) is 25.1 Å². The molecule has 0 spiro atoms. The van der Waals surface area contributed by atoms with Crippen molar-refractivity contribution >= 4 is 23.6 Å². The summed E-state index contributed by atoms with van der Waals surface area (Å²) < 4.78 is 25.1. The van der Waals surface area contributed by atoms with E-state index in [0.29, 0.717) is 24.3 Å². The zero-order chi connectivity index (χ0) is 24.7. The topological polar surface area (TPSA) is 79.2 Å². The third kappa shape index (κ3) is 7.03. The number of likely N-dealkylation sites (tertiary alicyclic amines) is 1. The van der Waals surface area contributed by atoms with E-state index in [4.69, 9.17) is 26.2 Å². The van der Waals surface area contributed by atoms with E-state index in [9.17, 15) is 14.3 Å². The molecule has 6 nitrogen and oxygen atoms in total. The van der Waals surface area contributed by atoms with Gasteiger partial charge in [-0.1, -0.05) is 29.8 Å². The quantitative estimate of drug-likeness (QED) is 0.442. The molecule has 1 saturated heterocycles. The summed E-state index contributed by atoms with van der Waals surface area (Å²) in [7, 11) is 1.53. The van der Waals surface area contributed by atoms with Crippen LogP contribution in [0.25, 0.3) is 6.08 Å². The third-order valence-corrected chi connectivity index (χ3v) is 6.40. The van der Waals surface area contributed by atoms with Crippen LogP contribution in [0.1, 0.15) is 42.6 Å². The highest BCUT2D eigenvalue weighted by Gasteiger charge is 2.27. The van der Waals surface area contributed by atoms with Crippen molar-refractivity contribution in [3.8, 4) is 5.75 Å². The van der Waals surface area contributed by atoms with Gasteiger partial charge in [-0.3, -0.25) is 4.90 Å².